The summed E-state index contributed by atoms with van der Waals surface area (Å²) in [4.78, 5) is 23.0. The topological polar surface area (TPSA) is 56.5 Å². The minimum Gasteiger partial charge on any atom is -0.369 e. The van der Waals surface area contributed by atoms with Crippen LogP contribution in [0.1, 0.15) is 12.6 Å². The van der Waals surface area contributed by atoms with Gasteiger partial charge in [-0.1, -0.05) is 0 Å². The molecule has 0 radical (unpaired) electrons. The maximum atomic E-state index is 11.6. The van der Waals surface area contributed by atoms with Crippen molar-refractivity contribution >= 4 is 0 Å². The standard InChI is InChI=1S/C10H14N2O3/c1-10(6-15-10)5-7-4-8(13)12(3)9(14)11(7)2/h4H,5-6H2,1-3H3. The van der Waals surface area contributed by atoms with Gasteiger partial charge in [0.2, 0.25) is 0 Å². The molecule has 1 aliphatic heterocycles. The lowest BCUT2D eigenvalue weighted by atomic mass is 10.1. The maximum absolute atomic E-state index is 11.6. The first-order chi connectivity index (χ1) is 6.93. The van der Waals surface area contributed by atoms with E-state index in [4.69, 9.17) is 4.74 Å². The van der Waals surface area contributed by atoms with Crippen molar-refractivity contribution in [2.24, 2.45) is 14.1 Å². The number of epoxide rings is 1. The van der Waals surface area contributed by atoms with E-state index < -0.39 is 0 Å². The van der Waals surface area contributed by atoms with Gasteiger partial charge in [0.1, 0.15) is 0 Å². The molecule has 2 heterocycles. The Morgan fingerprint density at radius 1 is 1.40 bits per heavy atom. The Morgan fingerprint density at radius 2 is 2.00 bits per heavy atom. The van der Waals surface area contributed by atoms with Crippen molar-refractivity contribution in [2.75, 3.05) is 6.61 Å². The lowest BCUT2D eigenvalue weighted by Crippen LogP contribution is -2.38. The molecule has 2 rings (SSSR count). The van der Waals surface area contributed by atoms with E-state index in [9.17, 15) is 9.59 Å². The molecule has 1 aliphatic rings. The van der Waals surface area contributed by atoms with Gasteiger partial charge in [-0.05, 0) is 6.92 Å². The first kappa shape index (κ1) is 10.2. The molecule has 1 saturated heterocycles. The summed E-state index contributed by atoms with van der Waals surface area (Å²) >= 11 is 0. The highest BCUT2D eigenvalue weighted by Crippen LogP contribution is 2.29. The van der Waals surface area contributed by atoms with E-state index in [1.54, 1.807) is 7.05 Å². The number of nitrogens with zero attached hydrogens (tertiary/aromatic N) is 2. The van der Waals surface area contributed by atoms with Crippen LogP contribution in [0.15, 0.2) is 15.7 Å². The van der Waals surface area contributed by atoms with Crippen molar-refractivity contribution in [3.63, 3.8) is 0 Å². The van der Waals surface area contributed by atoms with Crippen LogP contribution in [0, 0.1) is 0 Å². The molecule has 1 aromatic heterocycles. The molecule has 1 aromatic rings. The van der Waals surface area contributed by atoms with Crippen LogP contribution in [0.5, 0.6) is 0 Å². The van der Waals surface area contributed by atoms with Gasteiger partial charge in [-0.2, -0.15) is 0 Å². The molecule has 15 heavy (non-hydrogen) atoms. The SMILES string of the molecule is Cn1c(CC2(C)CO2)cc(=O)n(C)c1=O. The van der Waals surface area contributed by atoms with E-state index in [-0.39, 0.29) is 16.9 Å². The molecule has 0 saturated carbocycles. The van der Waals surface area contributed by atoms with Gasteiger partial charge in [-0.25, -0.2) is 4.79 Å². The Bertz CT molecular complexity index is 508. The van der Waals surface area contributed by atoms with Crippen LogP contribution in [0.25, 0.3) is 0 Å². The van der Waals surface area contributed by atoms with E-state index in [0.717, 1.165) is 10.3 Å². The summed E-state index contributed by atoms with van der Waals surface area (Å²) in [5.41, 5.74) is -0.0153. The van der Waals surface area contributed by atoms with Gasteiger partial charge in [0.25, 0.3) is 5.56 Å². The highest BCUT2D eigenvalue weighted by Gasteiger charge is 2.39. The van der Waals surface area contributed by atoms with Gasteiger partial charge in [0, 0.05) is 32.3 Å². The summed E-state index contributed by atoms with van der Waals surface area (Å²) < 4.78 is 7.83. The normalized spacial score (nSPS) is 24.2. The molecule has 82 valence electrons. The summed E-state index contributed by atoms with van der Waals surface area (Å²) in [6.07, 6.45) is 0.606. The summed E-state index contributed by atoms with van der Waals surface area (Å²) in [5.74, 6) is 0. The van der Waals surface area contributed by atoms with Crippen LogP contribution in [0.3, 0.4) is 0 Å². The molecular formula is C10H14N2O3. The molecule has 5 heteroatoms. The Labute approximate surface area is 86.9 Å². The van der Waals surface area contributed by atoms with Crippen molar-refractivity contribution in [2.45, 2.75) is 18.9 Å². The first-order valence-electron chi connectivity index (χ1n) is 4.83. The molecule has 0 amide bonds. The number of ether oxygens (including phenoxy) is 1. The molecular weight excluding hydrogens is 196 g/mol. The van der Waals surface area contributed by atoms with Crippen molar-refractivity contribution in [3.8, 4) is 0 Å². The predicted molar refractivity (Wildman–Crippen MR) is 55.0 cm³/mol. The van der Waals surface area contributed by atoms with Gasteiger partial charge in [0.15, 0.2) is 0 Å². The minimum atomic E-state index is -0.290. The van der Waals surface area contributed by atoms with Crippen molar-refractivity contribution in [1.82, 2.24) is 9.13 Å². The molecule has 0 N–H and O–H groups in total. The first-order valence-corrected chi connectivity index (χ1v) is 4.83. The van der Waals surface area contributed by atoms with E-state index in [1.165, 1.54) is 17.7 Å². The van der Waals surface area contributed by atoms with Gasteiger partial charge < -0.3 is 9.30 Å². The zero-order valence-electron chi connectivity index (χ0n) is 9.11. The zero-order chi connectivity index (χ0) is 11.2. The molecule has 0 aromatic carbocycles. The van der Waals surface area contributed by atoms with Gasteiger partial charge in [-0.15, -0.1) is 0 Å². The molecule has 1 unspecified atom stereocenters. The maximum Gasteiger partial charge on any atom is 0.330 e. The minimum absolute atomic E-state index is 0.184. The highest BCUT2D eigenvalue weighted by atomic mass is 16.6. The third kappa shape index (κ3) is 1.74. The Hall–Kier alpha value is -1.36. The summed E-state index contributed by atoms with van der Waals surface area (Å²) in [5, 5.41) is 0. The fraction of sp³-hybridized carbons (Fsp3) is 0.600. The van der Waals surface area contributed by atoms with E-state index in [1.807, 2.05) is 6.92 Å². The number of hydrogen-bond donors (Lipinski definition) is 0. The molecule has 0 aliphatic carbocycles. The Balaban J connectivity index is 2.48. The van der Waals surface area contributed by atoms with Crippen molar-refractivity contribution < 1.29 is 4.74 Å². The largest absolute Gasteiger partial charge is 0.369 e. The van der Waals surface area contributed by atoms with Gasteiger partial charge in [0.05, 0.1) is 12.2 Å². The average molecular weight is 210 g/mol. The summed E-state index contributed by atoms with van der Waals surface area (Å²) in [6, 6.07) is 1.49. The second kappa shape index (κ2) is 3.06. The fourth-order valence-electron chi connectivity index (χ4n) is 1.56. The summed E-state index contributed by atoms with van der Waals surface area (Å²) in [7, 11) is 3.15. The van der Waals surface area contributed by atoms with Crippen molar-refractivity contribution in [3.05, 3.63) is 32.6 Å². The van der Waals surface area contributed by atoms with Gasteiger partial charge in [-0.3, -0.25) is 9.36 Å². The molecule has 5 nitrogen and oxygen atoms in total. The third-order valence-electron chi connectivity index (χ3n) is 2.82. The zero-order valence-corrected chi connectivity index (χ0v) is 9.11. The monoisotopic (exact) mass is 210 g/mol. The smallest absolute Gasteiger partial charge is 0.330 e. The fourth-order valence-corrected chi connectivity index (χ4v) is 1.56. The molecule has 0 spiro atoms. The van der Waals surface area contributed by atoms with Crippen LogP contribution in [0.2, 0.25) is 0 Å². The van der Waals surface area contributed by atoms with Crippen molar-refractivity contribution in [1.29, 1.82) is 0 Å². The molecule has 0 bridgehead atoms. The lowest BCUT2D eigenvalue weighted by Gasteiger charge is -2.10. The van der Waals surface area contributed by atoms with Crippen LogP contribution < -0.4 is 11.2 Å². The highest BCUT2D eigenvalue weighted by molar-refractivity contribution is 5.09. The number of hydrogen-bond acceptors (Lipinski definition) is 3. The van der Waals surface area contributed by atoms with Crippen LogP contribution in [-0.2, 0) is 25.3 Å². The van der Waals surface area contributed by atoms with E-state index in [2.05, 4.69) is 0 Å². The second-order valence-electron chi connectivity index (χ2n) is 4.29. The molecule has 1 atom stereocenters. The summed E-state index contributed by atoms with van der Waals surface area (Å²) in [6.45, 7) is 2.66. The Morgan fingerprint density at radius 3 is 2.53 bits per heavy atom. The van der Waals surface area contributed by atoms with Crippen LogP contribution >= 0.6 is 0 Å². The lowest BCUT2D eigenvalue weighted by molar-refractivity contribution is 0.317. The van der Waals surface area contributed by atoms with E-state index in [0.29, 0.717) is 13.0 Å². The third-order valence-corrected chi connectivity index (χ3v) is 2.82. The van der Waals surface area contributed by atoms with Crippen LogP contribution in [0.4, 0.5) is 0 Å². The van der Waals surface area contributed by atoms with Gasteiger partial charge >= 0.3 is 5.69 Å². The number of rotatable bonds is 2. The number of aromatic nitrogens is 2. The average Bonchev–Trinajstić information content (AvgIpc) is 2.89. The Kier molecular flexibility index (Phi) is 2.08. The molecule has 1 fully saturated rings. The predicted octanol–water partition coefficient (Wildman–Crippen LogP) is -0.585. The van der Waals surface area contributed by atoms with Crippen LogP contribution in [-0.4, -0.2) is 21.3 Å². The quantitative estimate of drug-likeness (QED) is 0.613. The van der Waals surface area contributed by atoms with E-state index >= 15 is 0 Å². The second-order valence-corrected chi connectivity index (χ2v) is 4.29.